The van der Waals surface area contributed by atoms with E-state index in [9.17, 15) is 9.59 Å². The van der Waals surface area contributed by atoms with Gasteiger partial charge in [0.15, 0.2) is 0 Å². The van der Waals surface area contributed by atoms with Gasteiger partial charge in [-0.15, -0.1) is 0 Å². The van der Waals surface area contributed by atoms with E-state index in [-0.39, 0.29) is 17.8 Å². The number of rotatable bonds is 5. The molecule has 0 aliphatic carbocycles. The zero-order valence-corrected chi connectivity index (χ0v) is 13.5. The van der Waals surface area contributed by atoms with Crippen molar-refractivity contribution in [1.82, 2.24) is 4.90 Å². The fraction of sp³-hybridized carbons (Fsp3) is 0.556. The third kappa shape index (κ3) is 4.33. The summed E-state index contributed by atoms with van der Waals surface area (Å²) in [6.45, 7) is 3.46. The zero-order valence-electron chi connectivity index (χ0n) is 13.5. The third-order valence-corrected chi connectivity index (χ3v) is 4.44. The van der Waals surface area contributed by atoms with Crippen LogP contribution in [-0.2, 0) is 27.2 Å². The minimum absolute atomic E-state index is 0.0457. The average molecular weight is 303 g/mol. The molecule has 4 nitrogen and oxygen atoms in total. The second-order valence-corrected chi connectivity index (χ2v) is 5.85. The van der Waals surface area contributed by atoms with Gasteiger partial charge in [-0.1, -0.05) is 31.2 Å². The number of esters is 1. The number of hydrogen-bond donors (Lipinski definition) is 0. The molecule has 0 unspecified atom stereocenters. The van der Waals surface area contributed by atoms with E-state index in [0.717, 1.165) is 12.8 Å². The maximum Gasteiger partial charge on any atom is 0.308 e. The molecule has 0 aromatic heterocycles. The molecule has 1 saturated heterocycles. The summed E-state index contributed by atoms with van der Waals surface area (Å²) in [5.41, 5.74) is 2.52. The van der Waals surface area contributed by atoms with Crippen molar-refractivity contribution in [3.63, 3.8) is 0 Å². The van der Waals surface area contributed by atoms with Crippen molar-refractivity contribution in [2.75, 3.05) is 20.2 Å². The number of hydrogen-bond acceptors (Lipinski definition) is 3. The normalized spacial score (nSPS) is 15.6. The van der Waals surface area contributed by atoms with E-state index < -0.39 is 0 Å². The highest BCUT2D eigenvalue weighted by Gasteiger charge is 2.27. The molecule has 1 aromatic carbocycles. The van der Waals surface area contributed by atoms with E-state index >= 15 is 0 Å². The van der Waals surface area contributed by atoms with Crippen LogP contribution in [0.3, 0.4) is 0 Å². The number of ether oxygens (including phenoxy) is 1. The Kier molecular flexibility index (Phi) is 5.99. The predicted molar refractivity (Wildman–Crippen MR) is 85.5 cm³/mol. The van der Waals surface area contributed by atoms with E-state index in [4.69, 9.17) is 4.74 Å². The number of carbonyl (C=O) groups excluding carboxylic acids is 2. The van der Waals surface area contributed by atoms with Gasteiger partial charge in [-0.25, -0.2) is 0 Å². The van der Waals surface area contributed by atoms with Gasteiger partial charge in [0, 0.05) is 19.5 Å². The summed E-state index contributed by atoms with van der Waals surface area (Å²) >= 11 is 0. The number of likely N-dealkylation sites (tertiary alicyclic amines) is 1. The van der Waals surface area contributed by atoms with Gasteiger partial charge in [0.2, 0.25) is 5.91 Å². The van der Waals surface area contributed by atoms with Crippen molar-refractivity contribution < 1.29 is 14.3 Å². The van der Waals surface area contributed by atoms with Crippen molar-refractivity contribution >= 4 is 11.9 Å². The van der Waals surface area contributed by atoms with Gasteiger partial charge in [0.1, 0.15) is 0 Å². The summed E-state index contributed by atoms with van der Waals surface area (Å²) in [6, 6.07) is 8.47. The van der Waals surface area contributed by atoms with E-state index in [2.05, 4.69) is 31.2 Å². The van der Waals surface area contributed by atoms with Gasteiger partial charge in [-0.2, -0.15) is 0 Å². The van der Waals surface area contributed by atoms with Gasteiger partial charge in [-0.3, -0.25) is 9.59 Å². The van der Waals surface area contributed by atoms with Gasteiger partial charge in [0.25, 0.3) is 0 Å². The highest BCUT2D eigenvalue weighted by molar-refractivity contribution is 5.77. The SMILES string of the molecule is CCc1ccc(CCC(=O)N2CCC(C(=O)OC)CC2)cc1. The summed E-state index contributed by atoms with van der Waals surface area (Å²) in [5.74, 6) is -0.0124. The van der Waals surface area contributed by atoms with E-state index in [1.165, 1.54) is 18.2 Å². The van der Waals surface area contributed by atoms with Crippen molar-refractivity contribution in [2.45, 2.75) is 39.0 Å². The van der Waals surface area contributed by atoms with Crippen LogP contribution in [0.5, 0.6) is 0 Å². The van der Waals surface area contributed by atoms with Crippen molar-refractivity contribution in [1.29, 1.82) is 0 Å². The van der Waals surface area contributed by atoms with Crippen LogP contribution in [0.25, 0.3) is 0 Å². The second-order valence-electron chi connectivity index (χ2n) is 5.85. The molecule has 0 atom stereocenters. The van der Waals surface area contributed by atoms with Gasteiger partial charge < -0.3 is 9.64 Å². The molecular weight excluding hydrogens is 278 g/mol. The molecule has 1 aromatic rings. The standard InChI is InChI=1S/C18H25NO3/c1-3-14-4-6-15(7-5-14)8-9-17(20)19-12-10-16(11-13-19)18(21)22-2/h4-7,16H,3,8-13H2,1-2H3. The highest BCUT2D eigenvalue weighted by atomic mass is 16.5. The van der Waals surface area contributed by atoms with Crippen LogP contribution in [0.15, 0.2) is 24.3 Å². The Morgan fingerprint density at radius 3 is 2.27 bits per heavy atom. The summed E-state index contributed by atoms with van der Waals surface area (Å²) in [4.78, 5) is 25.6. The lowest BCUT2D eigenvalue weighted by molar-refractivity contribution is -0.148. The lowest BCUT2D eigenvalue weighted by Crippen LogP contribution is -2.40. The van der Waals surface area contributed by atoms with Crippen LogP contribution in [0, 0.1) is 5.92 Å². The van der Waals surface area contributed by atoms with Gasteiger partial charge in [-0.05, 0) is 36.8 Å². The molecule has 1 aliphatic rings. The van der Waals surface area contributed by atoms with Crippen LogP contribution < -0.4 is 0 Å². The molecule has 22 heavy (non-hydrogen) atoms. The minimum atomic E-state index is -0.150. The third-order valence-electron chi connectivity index (χ3n) is 4.44. The molecule has 0 saturated carbocycles. The fourth-order valence-corrected chi connectivity index (χ4v) is 2.88. The van der Waals surface area contributed by atoms with Gasteiger partial charge >= 0.3 is 5.97 Å². The van der Waals surface area contributed by atoms with Crippen LogP contribution in [0.2, 0.25) is 0 Å². The first-order chi connectivity index (χ1) is 10.6. The molecule has 120 valence electrons. The van der Waals surface area contributed by atoms with Crippen LogP contribution >= 0.6 is 0 Å². The largest absolute Gasteiger partial charge is 0.469 e. The number of nitrogens with zero attached hydrogens (tertiary/aromatic N) is 1. The van der Waals surface area contributed by atoms with E-state index in [1.807, 2.05) is 4.90 Å². The second kappa shape index (κ2) is 7.97. The summed E-state index contributed by atoms with van der Waals surface area (Å²) < 4.78 is 4.77. The molecule has 1 amide bonds. The van der Waals surface area contributed by atoms with Gasteiger partial charge in [0.05, 0.1) is 13.0 Å². The predicted octanol–water partition coefficient (Wildman–Crippen LogP) is 2.59. The molecule has 1 aliphatic heterocycles. The quantitative estimate of drug-likeness (QED) is 0.786. The molecule has 4 heteroatoms. The first-order valence-electron chi connectivity index (χ1n) is 8.07. The Balaban J connectivity index is 1.77. The van der Waals surface area contributed by atoms with Crippen molar-refractivity contribution in [3.05, 3.63) is 35.4 Å². The number of aryl methyl sites for hydroxylation is 2. The Morgan fingerprint density at radius 1 is 1.14 bits per heavy atom. The average Bonchev–Trinajstić information content (AvgIpc) is 2.59. The first kappa shape index (κ1) is 16.5. The smallest absolute Gasteiger partial charge is 0.308 e. The summed E-state index contributed by atoms with van der Waals surface area (Å²) in [5, 5.41) is 0. The minimum Gasteiger partial charge on any atom is -0.469 e. The van der Waals surface area contributed by atoms with E-state index in [0.29, 0.717) is 32.4 Å². The van der Waals surface area contributed by atoms with Crippen molar-refractivity contribution in [2.24, 2.45) is 5.92 Å². The maximum absolute atomic E-state index is 12.3. The number of methoxy groups -OCH3 is 1. The lowest BCUT2D eigenvalue weighted by atomic mass is 9.96. The highest BCUT2D eigenvalue weighted by Crippen LogP contribution is 2.19. The molecule has 1 fully saturated rings. The monoisotopic (exact) mass is 303 g/mol. The molecule has 2 rings (SSSR count). The lowest BCUT2D eigenvalue weighted by Gasteiger charge is -2.30. The van der Waals surface area contributed by atoms with Crippen molar-refractivity contribution in [3.8, 4) is 0 Å². The number of carbonyl (C=O) groups is 2. The number of benzene rings is 1. The first-order valence-corrected chi connectivity index (χ1v) is 8.07. The maximum atomic E-state index is 12.3. The Hall–Kier alpha value is -1.84. The fourth-order valence-electron chi connectivity index (χ4n) is 2.88. The molecule has 0 bridgehead atoms. The topological polar surface area (TPSA) is 46.6 Å². The Morgan fingerprint density at radius 2 is 1.73 bits per heavy atom. The Labute approximate surface area is 132 Å². The molecular formula is C18H25NO3. The van der Waals surface area contributed by atoms with E-state index in [1.54, 1.807) is 0 Å². The molecule has 0 radical (unpaired) electrons. The molecule has 0 N–H and O–H groups in total. The summed E-state index contributed by atoms with van der Waals surface area (Å²) in [6.07, 6.45) is 3.77. The Bertz CT molecular complexity index is 502. The molecule has 0 spiro atoms. The number of amides is 1. The van der Waals surface area contributed by atoms with Crippen LogP contribution in [0.1, 0.15) is 37.3 Å². The zero-order chi connectivity index (χ0) is 15.9. The molecule has 1 heterocycles. The van der Waals surface area contributed by atoms with Crippen LogP contribution in [-0.4, -0.2) is 37.0 Å². The number of piperidine rings is 1. The van der Waals surface area contributed by atoms with Crippen LogP contribution in [0.4, 0.5) is 0 Å². The summed E-state index contributed by atoms with van der Waals surface area (Å²) in [7, 11) is 1.42.